The summed E-state index contributed by atoms with van der Waals surface area (Å²) in [4.78, 5) is 21.3. The van der Waals surface area contributed by atoms with Crippen molar-refractivity contribution in [1.82, 2.24) is 9.88 Å². The van der Waals surface area contributed by atoms with E-state index in [9.17, 15) is 4.79 Å². The first-order valence-corrected chi connectivity index (χ1v) is 9.40. The van der Waals surface area contributed by atoms with Gasteiger partial charge in [0.1, 0.15) is 5.82 Å². The fourth-order valence-electron chi connectivity index (χ4n) is 3.18. The van der Waals surface area contributed by atoms with E-state index >= 15 is 0 Å². The lowest BCUT2D eigenvalue weighted by molar-refractivity contribution is -0.116. The van der Waals surface area contributed by atoms with Crippen molar-refractivity contribution in [2.75, 3.05) is 42.9 Å². The van der Waals surface area contributed by atoms with Crippen molar-refractivity contribution in [2.45, 2.75) is 26.2 Å². The molecule has 1 amide bonds. The van der Waals surface area contributed by atoms with E-state index in [0.29, 0.717) is 12.3 Å². The maximum Gasteiger partial charge on any atom is 0.225 e. The van der Waals surface area contributed by atoms with Crippen LogP contribution in [-0.4, -0.2) is 48.5 Å². The molecule has 5 heteroatoms. The quantitative estimate of drug-likeness (QED) is 0.866. The second kappa shape index (κ2) is 8.81. The second-order valence-corrected chi connectivity index (χ2v) is 7.09. The van der Waals surface area contributed by atoms with Crippen molar-refractivity contribution in [2.24, 2.45) is 0 Å². The topological polar surface area (TPSA) is 48.5 Å². The number of amides is 1. The summed E-state index contributed by atoms with van der Waals surface area (Å²) in [5.41, 5.74) is 2.16. The summed E-state index contributed by atoms with van der Waals surface area (Å²) in [6.07, 6.45) is 2.36. The van der Waals surface area contributed by atoms with Crippen LogP contribution in [-0.2, 0) is 4.79 Å². The van der Waals surface area contributed by atoms with Gasteiger partial charge in [0.05, 0.1) is 0 Å². The van der Waals surface area contributed by atoms with Gasteiger partial charge in [-0.25, -0.2) is 4.98 Å². The predicted octanol–water partition coefficient (Wildman–Crippen LogP) is 3.36. The van der Waals surface area contributed by atoms with E-state index < -0.39 is 0 Å². The second-order valence-electron chi connectivity index (χ2n) is 7.09. The highest BCUT2D eigenvalue weighted by atomic mass is 16.1. The number of rotatable bonds is 6. The lowest BCUT2D eigenvalue weighted by Crippen LogP contribution is -2.47. The normalized spacial score (nSPS) is 15.3. The van der Waals surface area contributed by atoms with Crippen LogP contribution in [0.5, 0.6) is 0 Å². The minimum absolute atomic E-state index is 0.0782. The van der Waals surface area contributed by atoms with Crippen LogP contribution in [0.3, 0.4) is 0 Å². The lowest BCUT2D eigenvalue weighted by Gasteiger charge is -2.35. The summed E-state index contributed by atoms with van der Waals surface area (Å²) >= 11 is 0. The number of carbonyl (C=O) groups excluding carboxylic acids is 1. The van der Waals surface area contributed by atoms with Gasteiger partial charge in [0.15, 0.2) is 0 Å². The molecular formula is C21H28N4O. The molecule has 5 nitrogen and oxygen atoms in total. The van der Waals surface area contributed by atoms with E-state index in [0.717, 1.165) is 44.2 Å². The third-order valence-electron chi connectivity index (χ3n) is 4.86. The predicted molar refractivity (Wildman–Crippen MR) is 107 cm³/mol. The molecule has 138 valence electrons. The Morgan fingerprint density at radius 1 is 1.08 bits per heavy atom. The van der Waals surface area contributed by atoms with Crippen molar-refractivity contribution in [1.29, 1.82) is 0 Å². The van der Waals surface area contributed by atoms with E-state index in [1.807, 2.05) is 36.5 Å². The number of piperazine rings is 1. The minimum Gasteiger partial charge on any atom is -0.354 e. The molecular weight excluding hydrogens is 324 g/mol. The number of nitrogens with one attached hydrogen (secondary N) is 1. The molecule has 0 saturated carbocycles. The molecule has 3 rings (SSSR count). The molecule has 2 aromatic rings. The monoisotopic (exact) mass is 352 g/mol. The van der Waals surface area contributed by atoms with Crippen molar-refractivity contribution in [3.63, 3.8) is 0 Å². The van der Waals surface area contributed by atoms with Gasteiger partial charge in [-0.15, -0.1) is 0 Å². The number of hydrogen-bond donors (Lipinski definition) is 1. The van der Waals surface area contributed by atoms with Crippen LogP contribution in [0.2, 0.25) is 0 Å². The van der Waals surface area contributed by atoms with Gasteiger partial charge in [0.2, 0.25) is 5.91 Å². The Hall–Kier alpha value is -2.40. The van der Waals surface area contributed by atoms with E-state index in [1.54, 1.807) is 0 Å². The fourth-order valence-corrected chi connectivity index (χ4v) is 3.18. The third-order valence-corrected chi connectivity index (χ3v) is 4.86. The molecule has 0 spiro atoms. The van der Waals surface area contributed by atoms with Gasteiger partial charge >= 0.3 is 0 Å². The Morgan fingerprint density at radius 3 is 2.42 bits per heavy atom. The highest BCUT2D eigenvalue weighted by molar-refractivity contribution is 5.90. The highest BCUT2D eigenvalue weighted by Gasteiger charge is 2.18. The number of benzene rings is 1. The van der Waals surface area contributed by atoms with Crippen LogP contribution in [0.15, 0.2) is 48.7 Å². The molecule has 0 radical (unpaired) electrons. The van der Waals surface area contributed by atoms with Gasteiger partial charge in [-0.1, -0.05) is 32.0 Å². The van der Waals surface area contributed by atoms with Crippen LogP contribution in [0.4, 0.5) is 11.5 Å². The van der Waals surface area contributed by atoms with Crippen molar-refractivity contribution in [3.05, 3.63) is 54.2 Å². The molecule has 26 heavy (non-hydrogen) atoms. The summed E-state index contributed by atoms with van der Waals surface area (Å²) in [5.74, 6) is 1.62. The van der Waals surface area contributed by atoms with Crippen molar-refractivity contribution in [3.8, 4) is 0 Å². The van der Waals surface area contributed by atoms with E-state index in [-0.39, 0.29) is 5.91 Å². The molecule has 0 aliphatic carbocycles. The summed E-state index contributed by atoms with van der Waals surface area (Å²) < 4.78 is 0. The van der Waals surface area contributed by atoms with E-state index in [1.165, 1.54) is 5.56 Å². The maximum absolute atomic E-state index is 12.2. The van der Waals surface area contributed by atoms with Crippen LogP contribution in [0.1, 0.15) is 31.7 Å². The van der Waals surface area contributed by atoms with Gasteiger partial charge in [-0.2, -0.15) is 0 Å². The minimum atomic E-state index is 0.0782. The number of nitrogens with zero attached hydrogens (tertiary/aromatic N) is 3. The number of carbonyl (C=O) groups is 1. The Kier molecular flexibility index (Phi) is 6.23. The molecule has 1 aromatic heterocycles. The molecule has 1 fully saturated rings. The van der Waals surface area contributed by atoms with Crippen LogP contribution >= 0.6 is 0 Å². The number of anilines is 2. The van der Waals surface area contributed by atoms with Crippen LogP contribution in [0, 0.1) is 0 Å². The smallest absolute Gasteiger partial charge is 0.225 e. The molecule has 0 atom stereocenters. The van der Waals surface area contributed by atoms with E-state index in [4.69, 9.17) is 0 Å². The Labute approximate surface area is 156 Å². The average Bonchev–Trinajstić information content (AvgIpc) is 2.68. The van der Waals surface area contributed by atoms with Crippen LogP contribution < -0.4 is 10.2 Å². The molecule has 1 aromatic carbocycles. The largest absolute Gasteiger partial charge is 0.354 e. The fraction of sp³-hybridized carbons (Fsp3) is 0.429. The highest BCUT2D eigenvalue weighted by Crippen LogP contribution is 2.17. The first-order valence-electron chi connectivity index (χ1n) is 9.40. The summed E-state index contributed by atoms with van der Waals surface area (Å²) in [5, 5.41) is 3.00. The molecule has 1 aliphatic heterocycles. The van der Waals surface area contributed by atoms with Gasteiger partial charge in [-0.05, 0) is 35.7 Å². The summed E-state index contributed by atoms with van der Waals surface area (Å²) in [6.45, 7) is 8.97. The zero-order valence-electron chi connectivity index (χ0n) is 15.7. The summed E-state index contributed by atoms with van der Waals surface area (Å²) in [6, 6.07) is 14.1. The molecule has 0 unspecified atom stereocenters. The molecule has 0 bridgehead atoms. The Balaban J connectivity index is 1.40. The zero-order valence-corrected chi connectivity index (χ0v) is 15.7. The molecule has 1 aliphatic rings. The van der Waals surface area contributed by atoms with Gasteiger partial charge in [-0.3, -0.25) is 9.69 Å². The first-order chi connectivity index (χ1) is 12.6. The van der Waals surface area contributed by atoms with Crippen molar-refractivity contribution >= 4 is 17.4 Å². The third kappa shape index (κ3) is 5.05. The maximum atomic E-state index is 12.2. The first kappa shape index (κ1) is 18.4. The lowest BCUT2D eigenvalue weighted by atomic mass is 10.0. The number of pyridine rings is 1. The van der Waals surface area contributed by atoms with Gasteiger partial charge < -0.3 is 10.2 Å². The van der Waals surface area contributed by atoms with E-state index in [2.05, 4.69) is 46.1 Å². The Morgan fingerprint density at radius 2 is 1.81 bits per heavy atom. The SMILES string of the molecule is CC(C)c1ccc(NC(=O)CCN2CCN(c3ccccn3)CC2)cc1. The van der Waals surface area contributed by atoms with Gasteiger partial charge in [0, 0.05) is 51.0 Å². The zero-order chi connectivity index (χ0) is 18.4. The number of aromatic nitrogens is 1. The molecule has 1 saturated heterocycles. The molecule has 2 heterocycles. The average molecular weight is 352 g/mol. The summed E-state index contributed by atoms with van der Waals surface area (Å²) in [7, 11) is 0. The van der Waals surface area contributed by atoms with Crippen molar-refractivity contribution < 1.29 is 4.79 Å². The molecule has 1 N–H and O–H groups in total. The standard InChI is InChI=1S/C21H28N4O/c1-17(2)18-6-8-19(9-7-18)23-21(26)10-12-24-13-15-25(16-14-24)20-5-3-4-11-22-20/h3-9,11,17H,10,12-16H2,1-2H3,(H,23,26). The Bertz CT molecular complexity index is 692. The van der Waals surface area contributed by atoms with Crippen LogP contribution in [0.25, 0.3) is 0 Å². The number of hydrogen-bond acceptors (Lipinski definition) is 4. The van der Waals surface area contributed by atoms with Gasteiger partial charge in [0.25, 0.3) is 0 Å².